The van der Waals surface area contributed by atoms with Gasteiger partial charge in [0.15, 0.2) is 0 Å². The van der Waals surface area contributed by atoms with E-state index in [1.807, 2.05) is 36.4 Å². The Kier molecular flexibility index (Phi) is 4.53. The predicted octanol–water partition coefficient (Wildman–Crippen LogP) is 3.10. The van der Waals surface area contributed by atoms with Gasteiger partial charge in [0.25, 0.3) is 5.91 Å². The second-order valence-corrected chi connectivity index (χ2v) is 6.50. The third-order valence-electron chi connectivity index (χ3n) is 4.41. The first-order chi connectivity index (χ1) is 12.2. The van der Waals surface area contributed by atoms with Crippen LogP contribution in [-0.2, 0) is 9.53 Å². The molecule has 2 aromatic rings. The van der Waals surface area contributed by atoms with Crippen LogP contribution in [0.1, 0.15) is 5.56 Å². The average Bonchev–Trinajstić information content (AvgIpc) is 2.90. The zero-order valence-corrected chi connectivity index (χ0v) is 14.4. The second kappa shape index (κ2) is 6.96. The summed E-state index contributed by atoms with van der Waals surface area (Å²) in [6.07, 6.45) is 0. The number of para-hydroxylation sites is 1. The van der Waals surface area contributed by atoms with Gasteiger partial charge in [-0.3, -0.25) is 14.6 Å². The zero-order chi connectivity index (χ0) is 17.2. The van der Waals surface area contributed by atoms with Crippen molar-refractivity contribution in [2.75, 3.05) is 37.9 Å². The summed E-state index contributed by atoms with van der Waals surface area (Å²) < 4.78 is 5.39. The van der Waals surface area contributed by atoms with Crippen LogP contribution in [0.4, 0.5) is 11.4 Å². The molecule has 25 heavy (non-hydrogen) atoms. The lowest BCUT2D eigenvalue weighted by atomic mass is 10.1. The molecule has 1 fully saturated rings. The molecule has 6 heteroatoms. The standard InChI is InChI=1S/C19H18ClN3O2/c20-14-5-7-15(8-6-14)21-18-16-3-1-2-4-17(16)23(19(18)24)13-22-9-11-25-12-10-22/h1-8H,9-13H2. The Morgan fingerprint density at radius 1 is 1.04 bits per heavy atom. The molecule has 0 bridgehead atoms. The highest BCUT2D eigenvalue weighted by atomic mass is 35.5. The van der Waals surface area contributed by atoms with Crippen molar-refractivity contribution in [3.05, 3.63) is 59.1 Å². The summed E-state index contributed by atoms with van der Waals surface area (Å²) in [5, 5.41) is 0.649. The number of morpholine rings is 1. The van der Waals surface area contributed by atoms with Crippen LogP contribution in [0.5, 0.6) is 0 Å². The van der Waals surface area contributed by atoms with E-state index in [9.17, 15) is 4.79 Å². The number of rotatable bonds is 3. The third-order valence-corrected chi connectivity index (χ3v) is 4.66. The second-order valence-electron chi connectivity index (χ2n) is 6.06. The number of amides is 1. The molecular formula is C19H18ClN3O2. The quantitative estimate of drug-likeness (QED) is 0.849. The van der Waals surface area contributed by atoms with Crippen LogP contribution in [0.15, 0.2) is 53.5 Å². The highest BCUT2D eigenvalue weighted by Crippen LogP contribution is 2.31. The molecule has 2 heterocycles. The minimum Gasteiger partial charge on any atom is -0.379 e. The van der Waals surface area contributed by atoms with Gasteiger partial charge in [-0.1, -0.05) is 29.8 Å². The molecule has 0 unspecified atom stereocenters. The maximum Gasteiger partial charge on any atom is 0.278 e. The zero-order valence-electron chi connectivity index (χ0n) is 13.7. The topological polar surface area (TPSA) is 45.1 Å². The van der Waals surface area contributed by atoms with Crippen molar-refractivity contribution in [2.24, 2.45) is 4.99 Å². The highest BCUT2D eigenvalue weighted by Gasteiger charge is 2.34. The van der Waals surface area contributed by atoms with Crippen LogP contribution >= 0.6 is 11.6 Å². The van der Waals surface area contributed by atoms with Gasteiger partial charge in [0.05, 0.1) is 31.3 Å². The molecular weight excluding hydrogens is 338 g/mol. The Morgan fingerprint density at radius 2 is 1.76 bits per heavy atom. The van der Waals surface area contributed by atoms with Gasteiger partial charge in [0.2, 0.25) is 0 Å². The number of carbonyl (C=O) groups excluding carboxylic acids is 1. The number of ether oxygens (including phenoxy) is 1. The molecule has 1 saturated heterocycles. The largest absolute Gasteiger partial charge is 0.379 e. The molecule has 2 aliphatic heterocycles. The highest BCUT2D eigenvalue weighted by molar-refractivity contribution is 6.54. The van der Waals surface area contributed by atoms with E-state index in [1.165, 1.54) is 0 Å². The van der Waals surface area contributed by atoms with E-state index in [0.717, 1.165) is 30.0 Å². The molecule has 4 rings (SSSR count). The molecule has 0 saturated carbocycles. The molecule has 0 atom stereocenters. The first-order valence-corrected chi connectivity index (χ1v) is 8.66. The average molecular weight is 356 g/mol. The van der Waals surface area contributed by atoms with Crippen LogP contribution < -0.4 is 4.90 Å². The molecule has 0 aliphatic carbocycles. The van der Waals surface area contributed by atoms with Gasteiger partial charge < -0.3 is 4.74 Å². The summed E-state index contributed by atoms with van der Waals surface area (Å²) in [5.74, 6) is -0.0670. The number of nitrogens with zero attached hydrogens (tertiary/aromatic N) is 3. The Hall–Kier alpha value is -2.21. The summed E-state index contributed by atoms with van der Waals surface area (Å²) in [7, 11) is 0. The predicted molar refractivity (Wildman–Crippen MR) is 98.8 cm³/mol. The lowest BCUT2D eigenvalue weighted by molar-refractivity contribution is -0.112. The fourth-order valence-electron chi connectivity index (χ4n) is 3.10. The first-order valence-electron chi connectivity index (χ1n) is 8.28. The van der Waals surface area contributed by atoms with E-state index in [0.29, 0.717) is 30.6 Å². The lowest BCUT2D eigenvalue weighted by Gasteiger charge is -2.30. The van der Waals surface area contributed by atoms with Crippen LogP contribution in [0.25, 0.3) is 0 Å². The van der Waals surface area contributed by atoms with Gasteiger partial charge in [0, 0.05) is 23.7 Å². The summed E-state index contributed by atoms with van der Waals surface area (Å²) in [6.45, 7) is 3.62. The summed E-state index contributed by atoms with van der Waals surface area (Å²) in [5.41, 5.74) is 2.98. The van der Waals surface area contributed by atoms with Crippen LogP contribution in [0, 0.1) is 0 Å². The van der Waals surface area contributed by atoms with Gasteiger partial charge in [-0.25, -0.2) is 4.99 Å². The molecule has 2 aromatic carbocycles. The number of anilines is 1. The van der Waals surface area contributed by atoms with E-state index >= 15 is 0 Å². The fraction of sp³-hybridized carbons (Fsp3) is 0.263. The minimum absolute atomic E-state index is 0.0670. The lowest BCUT2D eigenvalue weighted by Crippen LogP contribution is -2.45. The third kappa shape index (κ3) is 3.31. The van der Waals surface area contributed by atoms with Crippen molar-refractivity contribution >= 4 is 34.6 Å². The van der Waals surface area contributed by atoms with Crippen LogP contribution in [-0.4, -0.2) is 49.5 Å². The number of carbonyl (C=O) groups is 1. The molecule has 0 spiro atoms. The van der Waals surface area contributed by atoms with Gasteiger partial charge in [0.1, 0.15) is 5.71 Å². The monoisotopic (exact) mass is 355 g/mol. The molecule has 5 nitrogen and oxygen atoms in total. The van der Waals surface area contributed by atoms with Crippen LogP contribution in [0.2, 0.25) is 5.02 Å². The van der Waals surface area contributed by atoms with E-state index in [-0.39, 0.29) is 5.91 Å². The SMILES string of the molecule is O=C1C(=Nc2ccc(Cl)cc2)c2ccccc2N1CN1CCOCC1. The molecule has 0 radical (unpaired) electrons. The van der Waals surface area contributed by atoms with Crippen molar-refractivity contribution < 1.29 is 9.53 Å². The van der Waals surface area contributed by atoms with Gasteiger partial charge >= 0.3 is 0 Å². The van der Waals surface area contributed by atoms with E-state index in [2.05, 4.69) is 9.89 Å². The maximum absolute atomic E-state index is 13.0. The van der Waals surface area contributed by atoms with Gasteiger partial charge in [-0.05, 0) is 30.3 Å². The normalized spacial score (nSPS) is 19.5. The number of halogens is 1. The summed E-state index contributed by atoms with van der Waals surface area (Å²) in [4.78, 5) is 21.6. The van der Waals surface area contributed by atoms with E-state index in [1.54, 1.807) is 17.0 Å². The summed E-state index contributed by atoms with van der Waals surface area (Å²) in [6, 6.07) is 15.0. The Labute approximate surface area is 151 Å². The van der Waals surface area contributed by atoms with Crippen molar-refractivity contribution in [1.29, 1.82) is 0 Å². The van der Waals surface area contributed by atoms with Crippen molar-refractivity contribution in [1.82, 2.24) is 4.90 Å². The summed E-state index contributed by atoms with van der Waals surface area (Å²) >= 11 is 5.93. The number of fused-ring (bicyclic) bond motifs is 1. The number of hydrogen-bond donors (Lipinski definition) is 0. The Bertz CT molecular complexity index is 814. The molecule has 0 N–H and O–H groups in total. The van der Waals surface area contributed by atoms with E-state index in [4.69, 9.17) is 16.3 Å². The van der Waals surface area contributed by atoms with Crippen molar-refractivity contribution in [2.45, 2.75) is 0 Å². The van der Waals surface area contributed by atoms with Crippen molar-refractivity contribution in [3.63, 3.8) is 0 Å². The Morgan fingerprint density at radius 3 is 2.52 bits per heavy atom. The van der Waals surface area contributed by atoms with Crippen molar-refractivity contribution in [3.8, 4) is 0 Å². The smallest absolute Gasteiger partial charge is 0.278 e. The molecule has 128 valence electrons. The van der Waals surface area contributed by atoms with Gasteiger partial charge in [-0.15, -0.1) is 0 Å². The fourth-order valence-corrected chi connectivity index (χ4v) is 3.22. The first kappa shape index (κ1) is 16.3. The van der Waals surface area contributed by atoms with Crippen LogP contribution in [0.3, 0.4) is 0 Å². The number of benzene rings is 2. The van der Waals surface area contributed by atoms with Gasteiger partial charge in [-0.2, -0.15) is 0 Å². The number of hydrogen-bond acceptors (Lipinski definition) is 4. The molecule has 0 aromatic heterocycles. The van der Waals surface area contributed by atoms with E-state index < -0.39 is 0 Å². The molecule has 1 amide bonds. The maximum atomic E-state index is 13.0. The number of aliphatic imine (C=N–C) groups is 1. The minimum atomic E-state index is -0.0670. The Balaban J connectivity index is 1.67. The molecule has 2 aliphatic rings.